The van der Waals surface area contributed by atoms with E-state index in [1.54, 1.807) is 30.3 Å². The van der Waals surface area contributed by atoms with Gasteiger partial charge < -0.3 is 24.5 Å². The third-order valence-electron chi connectivity index (χ3n) is 3.19. The number of aliphatic hydroxyl groups excluding tert-OH is 2. The predicted molar refractivity (Wildman–Crippen MR) is 93.1 cm³/mol. The van der Waals surface area contributed by atoms with Gasteiger partial charge in [0.15, 0.2) is 17.3 Å². The van der Waals surface area contributed by atoms with Crippen LogP contribution < -0.4 is 4.74 Å². The van der Waals surface area contributed by atoms with Gasteiger partial charge >= 0.3 is 0 Å². The van der Waals surface area contributed by atoms with E-state index in [4.69, 9.17) is 14.3 Å². The summed E-state index contributed by atoms with van der Waals surface area (Å²) in [6, 6.07) is 7.93. The van der Waals surface area contributed by atoms with Crippen molar-refractivity contribution < 1.29 is 29.3 Å². The number of phenols is 1. The van der Waals surface area contributed by atoms with Crippen molar-refractivity contribution in [3.05, 3.63) is 71.4 Å². The number of aromatic hydroxyl groups is 1. The van der Waals surface area contributed by atoms with E-state index in [1.165, 1.54) is 31.4 Å². The van der Waals surface area contributed by atoms with E-state index in [0.717, 1.165) is 6.08 Å². The number of carbonyl (C=O) groups is 1. The summed E-state index contributed by atoms with van der Waals surface area (Å²) in [7, 11) is 1.44. The van der Waals surface area contributed by atoms with Crippen LogP contribution in [-0.4, -0.2) is 28.2 Å². The standard InChI is InChI=1S/C19H18O6/c1-24-19-10-13(3-9-18(19)23)2-4-14(21)11-15(22)5-6-16-7-8-17(12-20)25-16/h2-11,20-21,23H,12H2,1H3/b4-2+,6-5+,14-11-. The van der Waals surface area contributed by atoms with Gasteiger partial charge in [-0.25, -0.2) is 0 Å². The lowest BCUT2D eigenvalue weighted by molar-refractivity contribution is -0.110. The van der Waals surface area contributed by atoms with Crippen LogP contribution in [0.25, 0.3) is 12.2 Å². The van der Waals surface area contributed by atoms with Crippen LogP contribution in [0.1, 0.15) is 17.1 Å². The maximum atomic E-state index is 11.8. The molecule has 1 aromatic carbocycles. The number of furan rings is 1. The topological polar surface area (TPSA) is 100 Å². The number of aliphatic hydroxyl groups is 2. The number of methoxy groups -OCH3 is 1. The second-order valence-corrected chi connectivity index (χ2v) is 5.03. The molecule has 0 fully saturated rings. The van der Waals surface area contributed by atoms with E-state index in [-0.39, 0.29) is 18.1 Å². The van der Waals surface area contributed by atoms with E-state index in [2.05, 4.69) is 0 Å². The summed E-state index contributed by atoms with van der Waals surface area (Å²) in [6.45, 7) is -0.213. The van der Waals surface area contributed by atoms with Crippen molar-refractivity contribution in [1.82, 2.24) is 0 Å². The van der Waals surface area contributed by atoms with Gasteiger partial charge in [-0.05, 0) is 48.1 Å². The highest BCUT2D eigenvalue weighted by Gasteiger charge is 2.01. The maximum Gasteiger partial charge on any atom is 0.182 e. The number of hydrogen-bond donors (Lipinski definition) is 3. The smallest absolute Gasteiger partial charge is 0.182 e. The molecule has 0 bridgehead atoms. The minimum atomic E-state index is -0.424. The Morgan fingerprint density at radius 1 is 1.20 bits per heavy atom. The van der Waals surface area contributed by atoms with Crippen molar-refractivity contribution in [2.45, 2.75) is 6.61 Å². The first-order valence-electron chi connectivity index (χ1n) is 7.39. The third kappa shape index (κ3) is 5.40. The van der Waals surface area contributed by atoms with Gasteiger partial charge in [0.2, 0.25) is 0 Å². The van der Waals surface area contributed by atoms with E-state index in [9.17, 15) is 15.0 Å². The quantitative estimate of drug-likeness (QED) is 0.406. The van der Waals surface area contributed by atoms with Crippen LogP contribution in [0.5, 0.6) is 11.5 Å². The molecule has 130 valence electrons. The molecule has 2 aromatic rings. The lowest BCUT2D eigenvalue weighted by atomic mass is 10.1. The molecule has 0 aliphatic carbocycles. The summed E-state index contributed by atoms with van der Waals surface area (Å²) < 4.78 is 10.2. The van der Waals surface area contributed by atoms with Gasteiger partial charge in [0.25, 0.3) is 0 Å². The monoisotopic (exact) mass is 342 g/mol. The van der Waals surface area contributed by atoms with Crippen LogP contribution in [0.2, 0.25) is 0 Å². The number of benzene rings is 1. The first kappa shape index (κ1) is 18.1. The zero-order valence-corrected chi connectivity index (χ0v) is 13.5. The lowest BCUT2D eigenvalue weighted by Crippen LogP contribution is -1.88. The first-order chi connectivity index (χ1) is 12.0. The van der Waals surface area contributed by atoms with Crippen molar-refractivity contribution in [3.63, 3.8) is 0 Å². The predicted octanol–water partition coefficient (Wildman–Crippen LogP) is 3.22. The SMILES string of the molecule is COc1cc(/C=C/C(O)=C/C(=O)/C=C/c2ccc(CO)o2)ccc1O. The highest BCUT2D eigenvalue weighted by atomic mass is 16.5. The Morgan fingerprint density at radius 3 is 2.68 bits per heavy atom. The molecule has 0 radical (unpaired) electrons. The molecule has 1 aromatic heterocycles. The molecule has 25 heavy (non-hydrogen) atoms. The van der Waals surface area contributed by atoms with E-state index in [1.807, 2.05) is 0 Å². The molecule has 6 heteroatoms. The maximum absolute atomic E-state index is 11.8. The zero-order valence-electron chi connectivity index (χ0n) is 13.5. The van der Waals surface area contributed by atoms with Crippen molar-refractivity contribution in [2.75, 3.05) is 7.11 Å². The number of carbonyl (C=O) groups excluding carboxylic acids is 1. The van der Waals surface area contributed by atoms with Gasteiger partial charge in [0.1, 0.15) is 23.9 Å². The molecule has 0 spiro atoms. The number of ketones is 1. The Morgan fingerprint density at radius 2 is 2.00 bits per heavy atom. The summed E-state index contributed by atoms with van der Waals surface area (Å²) in [6.07, 6.45) is 6.67. The average molecular weight is 342 g/mol. The summed E-state index contributed by atoms with van der Waals surface area (Å²) in [5.74, 6) is 0.506. The summed E-state index contributed by atoms with van der Waals surface area (Å²) in [5, 5.41) is 28.2. The van der Waals surface area contributed by atoms with Gasteiger partial charge in [-0.2, -0.15) is 0 Å². The van der Waals surface area contributed by atoms with Gasteiger partial charge in [0.05, 0.1) is 7.11 Å². The van der Waals surface area contributed by atoms with Crippen LogP contribution in [-0.2, 0) is 11.4 Å². The fourth-order valence-corrected chi connectivity index (χ4v) is 1.95. The second-order valence-electron chi connectivity index (χ2n) is 5.03. The molecule has 3 N–H and O–H groups in total. The van der Waals surface area contributed by atoms with E-state index >= 15 is 0 Å². The molecular formula is C19H18O6. The molecule has 2 rings (SSSR count). The minimum Gasteiger partial charge on any atom is -0.508 e. The summed E-state index contributed by atoms with van der Waals surface area (Å²) >= 11 is 0. The fourth-order valence-electron chi connectivity index (χ4n) is 1.95. The molecule has 0 aliphatic heterocycles. The highest BCUT2D eigenvalue weighted by molar-refractivity contribution is 6.02. The Bertz CT molecular complexity index is 826. The van der Waals surface area contributed by atoms with E-state index < -0.39 is 5.78 Å². The molecule has 1 heterocycles. The molecule has 0 saturated heterocycles. The first-order valence-corrected chi connectivity index (χ1v) is 7.39. The number of hydrogen-bond acceptors (Lipinski definition) is 6. The van der Waals surface area contributed by atoms with Crippen LogP contribution in [0.3, 0.4) is 0 Å². The van der Waals surface area contributed by atoms with Crippen molar-refractivity contribution in [3.8, 4) is 11.5 Å². The van der Waals surface area contributed by atoms with Gasteiger partial charge in [-0.15, -0.1) is 0 Å². The normalized spacial score (nSPS) is 12.2. The minimum absolute atomic E-state index is 0.0158. The van der Waals surface area contributed by atoms with Crippen LogP contribution in [0, 0.1) is 0 Å². The van der Waals surface area contributed by atoms with Gasteiger partial charge in [-0.3, -0.25) is 4.79 Å². The van der Waals surface area contributed by atoms with Crippen LogP contribution in [0.15, 0.2) is 58.7 Å². The molecule has 0 atom stereocenters. The molecule has 0 saturated carbocycles. The molecule has 0 unspecified atom stereocenters. The Labute approximate surface area is 144 Å². The molecule has 0 amide bonds. The highest BCUT2D eigenvalue weighted by Crippen LogP contribution is 2.26. The van der Waals surface area contributed by atoms with E-state index in [0.29, 0.717) is 22.8 Å². The Kier molecular flexibility index (Phi) is 6.20. The van der Waals surface area contributed by atoms with Crippen LogP contribution >= 0.6 is 0 Å². The lowest BCUT2D eigenvalue weighted by Gasteiger charge is -2.03. The largest absolute Gasteiger partial charge is 0.508 e. The van der Waals surface area contributed by atoms with Crippen molar-refractivity contribution in [2.24, 2.45) is 0 Å². The zero-order chi connectivity index (χ0) is 18.2. The number of phenolic OH excluding ortho intramolecular Hbond substituents is 1. The second kappa shape index (κ2) is 8.56. The summed E-state index contributed by atoms with van der Waals surface area (Å²) in [5.41, 5.74) is 0.685. The fraction of sp³-hybridized carbons (Fsp3) is 0.105. The number of allylic oxidation sites excluding steroid dienone is 3. The van der Waals surface area contributed by atoms with Crippen LogP contribution in [0.4, 0.5) is 0 Å². The average Bonchev–Trinajstić information content (AvgIpc) is 3.07. The van der Waals surface area contributed by atoms with Crippen molar-refractivity contribution >= 4 is 17.9 Å². The van der Waals surface area contributed by atoms with Gasteiger partial charge in [0, 0.05) is 6.08 Å². The molecule has 0 aliphatic rings. The summed E-state index contributed by atoms with van der Waals surface area (Å²) in [4.78, 5) is 11.8. The number of ether oxygens (including phenoxy) is 1. The Balaban J connectivity index is 2.01. The number of rotatable bonds is 7. The van der Waals surface area contributed by atoms with Crippen molar-refractivity contribution in [1.29, 1.82) is 0 Å². The Hall–Kier alpha value is -3.25. The molecule has 6 nitrogen and oxygen atoms in total. The molecular weight excluding hydrogens is 324 g/mol. The third-order valence-corrected chi connectivity index (χ3v) is 3.19. The van der Waals surface area contributed by atoms with Gasteiger partial charge in [-0.1, -0.05) is 12.1 Å².